The third kappa shape index (κ3) is 4.38. The quantitative estimate of drug-likeness (QED) is 0.901. The number of ether oxygens (including phenoxy) is 3. The molecule has 5 heteroatoms. The summed E-state index contributed by atoms with van der Waals surface area (Å²) in [5.74, 6) is -0.718. The largest absolute Gasteiger partial charge is 0.394 e. The smallest absolute Gasteiger partial charge is 0.176 e. The molecule has 3 rings (SSSR count). The number of carbonyl (C=O) groups is 1. The van der Waals surface area contributed by atoms with Crippen molar-refractivity contribution in [1.29, 1.82) is 0 Å². The van der Waals surface area contributed by atoms with E-state index < -0.39 is 5.79 Å². The Kier molecular flexibility index (Phi) is 5.43. The molecule has 2 fully saturated rings. The highest BCUT2D eigenvalue weighted by Crippen LogP contribution is 2.37. The molecule has 0 radical (unpaired) electrons. The third-order valence-electron chi connectivity index (χ3n) is 4.39. The Hall–Kier alpha value is -1.27. The Labute approximate surface area is 136 Å². The molecule has 5 nitrogen and oxygen atoms in total. The summed E-state index contributed by atoms with van der Waals surface area (Å²) in [6.07, 6.45) is 2.53. The Morgan fingerprint density at radius 1 is 1.22 bits per heavy atom. The Morgan fingerprint density at radius 2 is 2.00 bits per heavy atom. The van der Waals surface area contributed by atoms with Crippen LogP contribution in [-0.4, -0.2) is 42.1 Å². The molecule has 23 heavy (non-hydrogen) atoms. The standard InChI is InChI=1S/C18H24O5/c19-11-16-7-4-8-18(22-16)10-15(20)9-17(23-18)13-21-12-14-5-2-1-3-6-14/h1-3,5-6,16-17,19H,4,7-13H2/t16-,17-,18-/m1/s1. The average Bonchev–Trinajstić information content (AvgIpc) is 2.55. The molecule has 3 atom stereocenters. The molecule has 0 saturated carbocycles. The van der Waals surface area contributed by atoms with Crippen molar-refractivity contribution in [3.63, 3.8) is 0 Å². The van der Waals surface area contributed by atoms with E-state index in [9.17, 15) is 9.90 Å². The molecule has 1 aromatic rings. The molecule has 126 valence electrons. The van der Waals surface area contributed by atoms with Crippen LogP contribution in [0.2, 0.25) is 0 Å². The van der Waals surface area contributed by atoms with Crippen molar-refractivity contribution in [2.24, 2.45) is 0 Å². The minimum absolute atomic E-state index is 0.0333. The maximum atomic E-state index is 12.1. The van der Waals surface area contributed by atoms with Crippen molar-refractivity contribution in [3.8, 4) is 0 Å². The van der Waals surface area contributed by atoms with Gasteiger partial charge in [0.25, 0.3) is 0 Å². The second-order valence-corrected chi connectivity index (χ2v) is 6.39. The van der Waals surface area contributed by atoms with Crippen molar-refractivity contribution in [1.82, 2.24) is 0 Å². The normalized spacial score (nSPS) is 31.4. The molecule has 2 aliphatic heterocycles. The Balaban J connectivity index is 1.54. The van der Waals surface area contributed by atoms with E-state index in [2.05, 4.69) is 0 Å². The molecule has 0 amide bonds. The van der Waals surface area contributed by atoms with E-state index in [1.165, 1.54) is 0 Å². The summed E-state index contributed by atoms with van der Waals surface area (Å²) in [5.41, 5.74) is 1.10. The number of hydrogen-bond acceptors (Lipinski definition) is 5. The van der Waals surface area contributed by atoms with E-state index >= 15 is 0 Å². The van der Waals surface area contributed by atoms with E-state index in [1.807, 2.05) is 30.3 Å². The van der Waals surface area contributed by atoms with Crippen LogP contribution in [0, 0.1) is 0 Å². The summed E-state index contributed by atoms with van der Waals surface area (Å²) in [4.78, 5) is 12.1. The molecule has 1 N–H and O–H groups in total. The predicted octanol–water partition coefficient (Wildman–Crippen LogP) is 2.21. The minimum atomic E-state index is -0.859. The zero-order chi connectivity index (χ0) is 16.1. The fraction of sp³-hybridized carbons (Fsp3) is 0.611. The molecule has 0 aromatic heterocycles. The Bertz CT molecular complexity index is 517. The average molecular weight is 320 g/mol. The van der Waals surface area contributed by atoms with E-state index in [-0.39, 0.29) is 31.0 Å². The van der Waals surface area contributed by atoms with Crippen LogP contribution in [0.25, 0.3) is 0 Å². The van der Waals surface area contributed by atoms with Gasteiger partial charge in [0.2, 0.25) is 0 Å². The molecule has 2 heterocycles. The number of Topliss-reactive ketones (excluding diaryl/α,β-unsaturated/α-hetero) is 1. The van der Waals surface area contributed by atoms with Gasteiger partial charge in [-0.05, 0) is 18.4 Å². The second-order valence-electron chi connectivity index (χ2n) is 6.39. The number of aliphatic hydroxyl groups excluding tert-OH is 1. The van der Waals surface area contributed by atoms with Crippen LogP contribution < -0.4 is 0 Å². The number of aliphatic hydroxyl groups is 1. The molecule has 1 spiro atoms. The highest BCUT2D eigenvalue weighted by molar-refractivity contribution is 5.80. The second kappa shape index (κ2) is 7.53. The van der Waals surface area contributed by atoms with Crippen molar-refractivity contribution in [3.05, 3.63) is 35.9 Å². The first-order valence-corrected chi connectivity index (χ1v) is 8.29. The lowest BCUT2D eigenvalue weighted by molar-refractivity contribution is -0.313. The van der Waals surface area contributed by atoms with Gasteiger partial charge in [0, 0.05) is 12.8 Å². The van der Waals surface area contributed by atoms with Gasteiger partial charge in [-0.1, -0.05) is 30.3 Å². The van der Waals surface area contributed by atoms with Gasteiger partial charge >= 0.3 is 0 Å². The zero-order valence-corrected chi connectivity index (χ0v) is 13.3. The summed E-state index contributed by atoms with van der Waals surface area (Å²) < 4.78 is 17.7. The van der Waals surface area contributed by atoms with Crippen LogP contribution in [0.4, 0.5) is 0 Å². The Morgan fingerprint density at radius 3 is 2.78 bits per heavy atom. The van der Waals surface area contributed by atoms with E-state index in [0.29, 0.717) is 26.1 Å². The van der Waals surface area contributed by atoms with Gasteiger partial charge in [-0.2, -0.15) is 0 Å². The first-order valence-electron chi connectivity index (χ1n) is 8.29. The first kappa shape index (κ1) is 16.6. The summed E-state index contributed by atoms with van der Waals surface area (Å²) >= 11 is 0. The fourth-order valence-corrected chi connectivity index (χ4v) is 3.35. The summed E-state index contributed by atoms with van der Waals surface area (Å²) in [5, 5.41) is 9.31. The number of carbonyl (C=O) groups excluding carboxylic acids is 1. The van der Waals surface area contributed by atoms with Gasteiger partial charge in [-0.15, -0.1) is 0 Å². The minimum Gasteiger partial charge on any atom is -0.394 e. The van der Waals surface area contributed by atoms with Gasteiger partial charge in [-0.3, -0.25) is 4.79 Å². The number of hydrogen-bond donors (Lipinski definition) is 1. The molecule has 0 aliphatic carbocycles. The summed E-state index contributed by atoms with van der Waals surface area (Å²) in [6, 6.07) is 9.92. The lowest BCUT2D eigenvalue weighted by Crippen LogP contribution is -2.52. The monoisotopic (exact) mass is 320 g/mol. The van der Waals surface area contributed by atoms with Gasteiger partial charge in [-0.25, -0.2) is 0 Å². The van der Waals surface area contributed by atoms with Crippen molar-refractivity contribution < 1.29 is 24.1 Å². The maximum absolute atomic E-state index is 12.1. The van der Waals surface area contributed by atoms with Crippen molar-refractivity contribution >= 4 is 5.78 Å². The molecule has 2 saturated heterocycles. The van der Waals surface area contributed by atoms with E-state index in [1.54, 1.807) is 0 Å². The molecule has 2 aliphatic rings. The van der Waals surface area contributed by atoms with Crippen LogP contribution in [0.15, 0.2) is 30.3 Å². The maximum Gasteiger partial charge on any atom is 0.176 e. The van der Waals surface area contributed by atoms with Crippen LogP contribution in [-0.2, 0) is 25.6 Å². The predicted molar refractivity (Wildman–Crippen MR) is 83.8 cm³/mol. The number of rotatable bonds is 5. The van der Waals surface area contributed by atoms with Crippen LogP contribution >= 0.6 is 0 Å². The van der Waals surface area contributed by atoms with Gasteiger partial charge < -0.3 is 19.3 Å². The molecule has 0 bridgehead atoms. The highest BCUT2D eigenvalue weighted by Gasteiger charge is 2.45. The van der Waals surface area contributed by atoms with Crippen LogP contribution in [0.3, 0.4) is 0 Å². The van der Waals surface area contributed by atoms with Crippen LogP contribution in [0.5, 0.6) is 0 Å². The topological polar surface area (TPSA) is 65.0 Å². The van der Waals surface area contributed by atoms with Crippen molar-refractivity contribution in [2.75, 3.05) is 13.2 Å². The number of benzene rings is 1. The van der Waals surface area contributed by atoms with E-state index in [0.717, 1.165) is 18.4 Å². The van der Waals surface area contributed by atoms with Crippen LogP contribution in [0.1, 0.15) is 37.7 Å². The van der Waals surface area contributed by atoms with Crippen molar-refractivity contribution in [2.45, 2.75) is 56.7 Å². The highest BCUT2D eigenvalue weighted by atomic mass is 16.7. The summed E-state index contributed by atoms with van der Waals surface area (Å²) in [6.45, 7) is 0.839. The van der Waals surface area contributed by atoms with Gasteiger partial charge in [0.1, 0.15) is 5.78 Å². The molecule has 0 unspecified atom stereocenters. The lowest BCUT2D eigenvalue weighted by atomic mass is 9.92. The van der Waals surface area contributed by atoms with E-state index in [4.69, 9.17) is 14.2 Å². The summed E-state index contributed by atoms with van der Waals surface area (Å²) in [7, 11) is 0. The number of ketones is 1. The van der Waals surface area contributed by atoms with Gasteiger partial charge in [0.15, 0.2) is 5.79 Å². The first-order chi connectivity index (χ1) is 11.2. The third-order valence-corrected chi connectivity index (χ3v) is 4.39. The SMILES string of the molecule is O=C1C[C@H](COCc2ccccc2)O[C@]2(CCC[C@H](CO)O2)C1. The zero-order valence-electron chi connectivity index (χ0n) is 13.3. The lowest BCUT2D eigenvalue weighted by Gasteiger charge is -2.44. The molecular weight excluding hydrogens is 296 g/mol. The van der Waals surface area contributed by atoms with Gasteiger partial charge in [0.05, 0.1) is 38.4 Å². The molecule has 1 aromatic carbocycles. The fourth-order valence-electron chi connectivity index (χ4n) is 3.35. The molecular formula is C18H24O5.